The molecule has 0 aliphatic heterocycles. The molecule has 46 heavy (non-hydrogen) atoms. The molecule has 4 rings (SSSR count). The van der Waals surface area contributed by atoms with Crippen LogP contribution in [0.25, 0.3) is 0 Å². The van der Waals surface area contributed by atoms with Crippen LogP contribution in [-0.2, 0) is 32.6 Å². The highest BCUT2D eigenvalue weighted by atomic mass is 32.2. The number of carbonyl (C=O) groups is 2. The summed E-state index contributed by atoms with van der Waals surface area (Å²) in [5.41, 5.74) is 3.93. The van der Waals surface area contributed by atoms with Crippen LogP contribution in [-0.4, -0.2) is 50.4 Å². The fourth-order valence-corrected chi connectivity index (χ4v) is 6.60. The Labute approximate surface area is 273 Å². The number of carbonyl (C=O) groups excluding carboxylic acids is 2. The van der Waals surface area contributed by atoms with Gasteiger partial charge in [0.05, 0.1) is 17.2 Å². The molecule has 0 radical (unpaired) electrons. The number of benzene rings is 4. The van der Waals surface area contributed by atoms with Crippen LogP contribution in [0.2, 0.25) is 0 Å². The van der Waals surface area contributed by atoms with E-state index in [-0.39, 0.29) is 29.8 Å². The topological polar surface area (TPSA) is 96.0 Å². The highest BCUT2D eigenvalue weighted by Gasteiger charge is 2.35. The molecule has 0 aliphatic carbocycles. The molecule has 0 bridgehead atoms. The molecule has 0 saturated heterocycles. The van der Waals surface area contributed by atoms with Crippen molar-refractivity contribution in [3.63, 3.8) is 0 Å². The normalized spacial score (nSPS) is 12.0. The Morgan fingerprint density at radius 1 is 0.804 bits per heavy atom. The minimum absolute atomic E-state index is 0.0587. The Bertz CT molecular complexity index is 1710. The lowest BCUT2D eigenvalue weighted by molar-refractivity contribution is -0.140. The van der Waals surface area contributed by atoms with Crippen molar-refractivity contribution < 1.29 is 22.7 Å². The largest absolute Gasteiger partial charge is 0.494 e. The second kappa shape index (κ2) is 15.6. The van der Waals surface area contributed by atoms with E-state index in [4.69, 9.17) is 4.74 Å². The van der Waals surface area contributed by atoms with Gasteiger partial charge in [0.25, 0.3) is 10.0 Å². The van der Waals surface area contributed by atoms with Crippen LogP contribution >= 0.6 is 0 Å². The van der Waals surface area contributed by atoms with Gasteiger partial charge in [-0.3, -0.25) is 13.9 Å². The molecule has 1 N–H and O–H groups in total. The number of nitrogens with zero attached hydrogens (tertiary/aromatic N) is 2. The highest BCUT2D eigenvalue weighted by Crippen LogP contribution is 2.27. The summed E-state index contributed by atoms with van der Waals surface area (Å²) in [7, 11) is -4.18. The number of anilines is 1. The Morgan fingerprint density at radius 2 is 1.46 bits per heavy atom. The zero-order chi connectivity index (χ0) is 33.3. The quantitative estimate of drug-likeness (QED) is 0.181. The minimum atomic E-state index is -4.18. The number of nitrogens with one attached hydrogen (secondary N) is 1. The smallest absolute Gasteiger partial charge is 0.264 e. The van der Waals surface area contributed by atoms with Crippen LogP contribution in [0.4, 0.5) is 5.69 Å². The van der Waals surface area contributed by atoms with Crippen molar-refractivity contribution in [1.82, 2.24) is 10.2 Å². The van der Waals surface area contributed by atoms with Gasteiger partial charge < -0.3 is 15.0 Å². The number of aryl methyl sites for hydroxylation is 2. The lowest BCUT2D eigenvalue weighted by atomic mass is 10.0. The van der Waals surface area contributed by atoms with Gasteiger partial charge in [-0.25, -0.2) is 8.42 Å². The van der Waals surface area contributed by atoms with Crippen molar-refractivity contribution in [2.24, 2.45) is 0 Å². The standard InChI is InChI=1S/C37H43N3O5S/c1-6-45-33-19-17-32(18-20-33)40(46(43,44)34-21-15-28(4)16-22-34)26-36(41)39(25-31-14-10-11-29(5)23-31)35(37(42)38-27(2)3)24-30-12-8-7-9-13-30/h7-23,27,35H,6,24-26H2,1-5H3,(H,38,42)/t35-/m1/s1. The third-order valence-electron chi connectivity index (χ3n) is 7.46. The molecule has 8 nitrogen and oxygen atoms in total. The maximum absolute atomic E-state index is 14.6. The second-order valence-corrected chi connectivity index (χ2v) is 13.5. The van der Waals surface area contributed by atoms with Crippen LogP contribution in [0, 0.1) is 13.8 Å². The van der Waals surface area contributed by atoms with Crippen molar-refractivity contribution in [2.45, 2.75) is 64.6 Å². The molecule has 9 heteroatoms. The summed E-state index contributed by atoms with van der Waals surface area (Å²) < 4.78 is 35.1. The number of amides is 2. The molecule has 0 aromatic heterocycles. The molecular formula is C37H43N3O5S. The van der Waals surface area contributed by atoms with E-state index in [2.05, 4.69) is 5.32 Å². The Hall–Kier alpha value is -4.63. The first-order valence-electron chi connectivity index (χ1n) is 15.5. The van der Waals surface area contributed by atoms with Gasteiger partial charge in [-0.05, 0) is 82.1 Å². The van der Waals surface area contributed by atoms with Crippen LogP contribution in [0.1, 0.15) is 43.0 Å². The monoisotopic (exact) mass is 641 g/mol. The number of hydrogen-bond donors (Lipinski definition) is 1. The van der Waals surface area contributed by atoms with E-state index in [1.54, 1.807) is 36.4 Å². The zero-order valence-corrected chi connectivity index (χ0v) is 28.0. The molecule has 242 valence electrons. The molecule has 4 aromatic carbocycles. The van der Waals surface area contributed by atoms with E-state index < -0.39 is 28.5 Å². The molecular weight excluding hydrogens is 598 g/mol. The average molecular weight is 642 g/mol. The first-order valence-corrected chi connectivity index (χ1v) is 16.9. The third kappa shape index (κ3) is 8.97. The van der Waals surface area contributed by atoms with Crippen molar-refractivity contribution in [3.05, 3.63) is 125 Å². The molecule has 0 fully saturated rings. The van der Waals surface area contributed by atoms with E-state index in [0.29, 0.717) is 18.0 Å². The summed E-state index contributed by atoms with van der Waals surface area (Å²) >= 11 is 0. The Kier molecular flexibility index (Phi) is 11.6. The van der Waals surface area contributed by atoms with Crippen molar-refractivity contribution in [2.75, 3.05) is 17.5 Å². The maximum atomic E-state index is 14.6. The lowest BCUT2D eigenvalue weighted by Crippen LogP contribution is -2.54. The number of rotatable bonds is 14. The molecule has 0 spiro atoms. The van der Waals surface area contributed by atoms with Crippen LogP contribution in [0.15, 0.2) is 108 Å². The molecule has 2 amide bonds. The number of sulfonamides is 1. The van der Waals surface area contributed by atoms with Crippen molar-refractivity contribution in [3.8, 4) is 5.75 Å². The van der Waals surface area contributed by atoms with Gasteiger partial charge >= 0.3 is 0 Å². The van der Waals surface area contributed by atoms with Crippen LogP contribution < -0.4 is 14.4 Å². The third-order valence-corrected chi connectivity index (χ3v) is 9.25. The number of hydrogen-bond acceptors (Lipinski definition) is 5. The predicted molar refractivity (Wildman–Crippen MR) is 182 cm³/mol. The Morgan fingerprint density at radius 3 is 2.07 bits per heavy atom. The van der Waals surface area contributed by atoms with E-state index in [9.17, 15) is 18.0 Å². The summed E-state index contributed by atoms with van der Waals surface area (Å²) in [5, 5.41) is 2.98. The lowest BCUT2D eigenvalue weighted by Gasteiger charge is -2.34. The SMILES string of the molecule is CCOc1ccc(N(CC(=O)N(Cc2cccc(C)c2)[C@H](Cc2ccccc2)C(=O)NC(C)C)S(=O)(=O)c2ccc(C)cc2)cc1. The second-order valence-electron chi connectivity index (χ2n) is 11.6. The molecule has 0 saturated carbocycles. The number of ether oxygens (including phenoxy) is 1. The minimum Gasteiger partial charge on any atom is -0.494 e. The average Bonchev–Trinajstić information content (AvgIpc) is 3.02. The maximum Gasteiger partial charge on any atom is 0.264 e. The van der Waals surface area contributed by atoms with Crippen LogP contribution in [0.3, 0.4) is 0 Å². The molecule has 0 heterocycles. The fraction of sp³-hybridized carbons (Fsp3) is 0.297. The highest BCUT2D eigenvalue weighted by molar-refractivity contribution is 7.92. The first-order chi connectivity index (χ1) is 22.0. The summed E-state index contributed by atoms with van der Waals surface area (Å²) in [6.45, 7) is 9.50. The van der Waals surface area contributed by atoms with Crippen molar-refractivity contribution >= 4 is 27.5 Å². The molecule has 4 aromatic rings. The van der Waals surface area contributed by atoms with Gasteiger partial charge in [0.1, 0.15) is 18.3 Å². The van der Waals surface area contributed by atoms with Gasteiger partial charge in [0, 0.05) is 19.0 Å². The predicted octanol–water partition coefficient (Wildman–Crippen LogP) is 6.06. The van der Waals surface area contributed by atoms with Gasteiger partial charge in [-0.15, -0.1) is 0 Å². The Balaban J connectivity index is 1.80. The van der Waals surface area contributed by atoms with Gasteiger partial charge in [0.15, 0.2) is 0 Å². The summed E-state index contributed by atoms with van der Waals surface area (Å²) in [5.74, 6) is -0.237. The van der Waals surface area contributed by atoms with Crippen molar-refractivity contribution in [1.29, 1.82) is 0 Å². The van der Waals surface area contributed by atoms with E-state index >= 15 is 0 Å². The first kappa shape index (κ1) is 34.2. The molecule has 0 aliphatic rings. The van der Waals surface area contributed by atoms with Crippen LogP contribution in [0.5, 0.6) is 5.75 Å². The van der Waals surface area contributed by atoms with Gasteiger partial charge in [-0.2, -0.15) is 0 Å². The molecule has 0 unspecified atom stereocenters. The van der Waals surface area contributed by atoms with Gasteiger partial charge in [-0.1, -0.05) is 77.9 Å². The summed E-state index contributed by atoms with van der Waals surface area (Å²) in [4.78, 5) is 29.9. The van der Waals surface area contributed by atoms with E-state index in [1.165, 1.54) is 17.0 Å². The fourth-order valence-electron chi connectivity index (χ4n) is 5.18. The van der Waals surface area contributed by atoms with E-state index in [0.717, 1.165) is 26.6 Å². The summed E-state index contributed by atoms with van der Waals surface area (Å²) in [6, 6.07) is 29.3. The van der Waals surface area contributed by atoms with E-state index in [1.807, 2.05) is 89.2 Å². The molecule has 1 atom stereocenters. The van der Waals surface area contributed by atoms with Gasteiger partial charge in [0.2, 0.25) is 11.8 Å². The summed E-state index contributed by atoms with van der Waals surface area (Å²) in [6.07, 6.45) is 0.255. The zero-order valence-electron chi connectivity index (χ0n) is 27.1.